The lowest BCUT2D eigenvalue weighted by Crippen LogP contribution is -2.25. The fourth-order valence-corrected chi connectivity index (χ4v) is 3.23. The van der Waals surface area contributed by atoms with Gasteiger partial charge in [0.25, 0.3) is 0 Å². The predicted molar refractivity (Wildman–Crippen MR) is 78.3 cm³/mol. The number of hydrogen-bond acceptors (Lipinski definition) is 4. The first-order valence-electron chi connectivity index (χ1n) is 6.72. The fourth-order valence-electron chi connectivity index (χ4n) is 2.44. The Labute approximate surface area is 121 Å². The molecular formula is C14H16N2O3S. The van der Waals surface area contributed by atoms with Crippen LogP contribution < -0.4 is 10.2 Å². The van der Waals surface area contributed by atoms with Crippen molar-refractivity contribution in [3.8, 4) is 0 Å². The third-order valence-corrected chi connectivity index (χ3v) is 4.47. The molecule has 0 aliphatic carbocycles. The normalized spacial score (nSPS) is 21.4. The second-order valence-corrected chi connectivity index (χ2v) is 5.94. The maximum Gasteiger partial charge on any atom is 0.414 e. The molecule has 5 nitrogen and oxygen atoms in total. The number of nitrogens with zero attached hydrogens (tertiary/aromatic N) is 1. The molecular weight excluding hydrogens is 276 g/mol. The molecule has 1 N–H and O–H groups in total. The van der Waals surface area contributed by atoms with Crippen molar-refractivity contribution in [2.45, 2.75) is 30.8 Å². The number of hydrogen-bond donors (Lipinski definition) is 1. The van der Waals surface area contributed by atoms with Gasteiger partial charge in [0, 0.05) is 10.6 Å². The largest absolute Gasteiger partial charge is 0.444 e. The Kier molecular flexibility index (Phi) is 3.56. The van der Waals surface area contributed by atoms with Gasteiger partial charge in [0.15, 0.2) is 0 Å². The topological polar surface area (TPSA) is 58.6 Å². The van der Waals surface area contributed by atoms with Gasteiger partial charge in [-0.3, -0.25) is 9.69 Å². The van der Waals surface area contributed by atoms with Gasteiger partial charge in [0.05, 0.1) is 18.0 Å². The van der Waals surface area contributed by atoms with Crippen molar-refractivity contribution in [1.82, 2.24) is 0 Å². The standard InChI is InChI=1S/C14H16N2O3S/c1-2-3-10-7-16(14(18)19-10)9-4-5-12-11(6-9)15-13(17)8-20-12/h4-6,10H,2-3,7-8H2,1H3,(H,15,17)/t10-/m1/s1. The first kappa shape index (κ1) is 13.3. The van der Waals surface area contributed by atoms with Crippen LogP contribution in [0.1, 0.15) is 19.8 Å². The minimum absolute atomic E-state index is 0.00694. The highest BCUT2D eigenvalue weighted by molar-refractivity contribution is 8.00. The number of thioether (sulfide) groups is 1. The molecule has 2 aliphatic heterocycles. The Bertz CT molecular complexity index is 561. The van der Waals surface area contributed by atoms with Crippen LogP contribution in [0, 0.1) is 0 Å². The van der Waals surface area contributed by atoms with Crippen LogP contribution in [-0.2, 0) is 9.53 Å². The van der Waals surface area contributed by atoms with E-state index in [-0.39, 0.29) is 18.1 Å². The van der Waals surface area contributed by atoms with E-state index in [1.165, 1.54) is 11.8 Å². The molecule has 3 rings (SSSR count). The number of carbonyl (C=O) groups is 2. The van der Waals surface area contributed by atoms with E-state index in [9.17, 15) is 9.59 Å². The molecule has 2 aliphatic rings. The van der Waals surface area contributed by atoms with Gasteiger partial charge < -0.3 is 10.1 Å². The van der Waals surface area contributed by atoms with Crippen LogP contribution in [0.15, 0.2) is 23.1 Å². The number of benzene rings is 1. The molecule has 0 bridgehead atoms. The molecule has 6 heteroatoms. The van der Waals surface area contributed by atoms with E-state index in [0.717, 1.165) is 29.1 Å². The number of amides is 2. The second kappa shape index (κ2) is 5.36. The molecule has 1 atom stereocenters. The highest BCUT2D eigenvalue weighted by Gasteiger charge is 2.32. The van der Waals surface area contributed by atoms with Crippen LogP contribution >= 0.6 is 11.8 Å². The summed E-state index contributed by atoms with van der Waals surface area (Å²) in [4.78, 5) is 26.0. The van der Waals surface area contributed by atoms with Crippen LogP contribution in [0.25, 0.3) is 0 Å². The van der Waals surface area contributed by atoms with Crippen molar-refractivity contribution in [2.75, 3.05) is 22.5 Å². The second-order valence-electron chi connectivity index (χ2n) is 4.92. The maximum atomic E-state index is 11.9. The van der Waals surface area contributed by atoms with Crippen LogP contribution in [0.3, 0.4) is 0 Å². The van der Waals surface area contributed by atoms with Gasteiger partial charge in [-0.2, -0.15) is 0 Å². The highest BCUT2D eigenvalue weighted by atomic mass is 32.2. The van der Waals surface area contributed by atoms with Gasteiger partial charge >= 0.3 is 6.09 Å². The maximum absolute atomic E-state index is 11.9. The van der Waals surface area contributed by atoms with E-state index in [2.05, 4.69) is 12.2 Å². The first-order chi connectivity index (χ1) is 9.67. The van der Waals surface area contributed by atoms with Crippen LogP contribution in [0.4, 0.5) is 16.2 Å². The molecule has 1 aromatic carbocycles. The zero-order valence-electron chi connectivity index (χ0n) is 11.2. The van der Waals surface area contributed by atoms with Gasteiger partial charge in [-0.15, -0.1) is 11.8 Å². The van der Waals surface area contributed by atoms with Crippen molar-refractivity contribution < 1.29 is 14.3 Å². The first-order valence-corrected chi connectivity index (χ1v) is 7.71. The molecule has 0 spiro atoms. The monoisotopic (exact) mass is 292 g/mol. The number of nitrogens with one attached hydrogen (secondary N) is 1. The minimum Gasteiger partial charge on any atom is -0.444 e. The number of rotatable bonds is 3. The van der Waals surface area contributed by atoms with E-state index in [1.54, 1.807) is 4.90 Å². The predicted octanol–water partition coefficient (Wildman–Crippen LogP) is 2.86. The summed E-state index contributed by atoms with van der Waals surface area (Å²) in [6.07, 6.45) is 1.52. The van der Waals surface area contributed by atoms with Crippen LogP contribution in [-0.4, -0.2) is 30.4 Å². The molecule has 20 heavy (non-hydrogen) atoms. The summed E-state index contributed by atoms with van der Waals surface area (Å²) >= 11 is 1.51. The van der Waals surface area contributed by atoms with E-state index in [4.69, 9.17) is 4.74 Å². The number of carbonyl (C=O) groups excluding carboxylic acids is 2. The Morgan fingerprint density at radius 3 is 3.10 bits per heavy atom. The average molecular weight is 292 g/mol. The van der Waals surface area contributed by atoms with Gasteiger partial charge in [-0.05, 0) is 24.6 Å². The minimum atomic E-state index is -0.307. The van der Waals surface area contributed by atoms with Crippen molar-refractivity contribution in [3.63, 3.8) is 0 Å². The number of fused-ring (bicyclic) bond motifs is 1. The third kappa shape index (κ3) is 2.47. The molecule has 106 valence electrons. The number of ether oxygens (including phenoxy) is 1. The van der Waals surface area contributed by atoms with Gasteiger partial charge in [-0.1, -0.05) is 13.3 Å². The number of anilines is 2. The van der Waals surface area contributed by atoms with E-state index >= 15 is 0 Å². The summed E-state index contributed by atoms with van der Waals surface area (Å²) in [6.45, 7) is 2.65. The molecule has 2 amide bonds. The quantitative estimate of drug-likeness (QED) is 0.930. The van der Waals surface area contributed by atoms with Gasteiger partial charge in [0.1, 0.15) is 6.10 Å². The van der Waals surface area contributed by atoms with Crippen LogP contribution in [0.2, 0.25) is 0 Å². The molecule has 0 saturated carbocycles. The Hall–Kier alpha value is -1.69. The molecule has 1 fully saturated rings. The van der Waals surface area contributed by atoms with E-state index in [1.807, 2.05) is 18.2 Å². The zero-order valence-corrected chi connectivity index (χ0v) is 12.0. The molecule has 0 aromatic heterocycles. The Morgan fingerprint density at radius 2 is 2.30 bits per heavy atom. The smallest absolute Gasteiger partial charge is 0.414 e. The SMILES string of the molecule is CCC[C@@H]1CN(c2ccc3c(c2)NC(=O)CS3)C(=O)O1. The number of cyclic esters (lactones) is 1. The summed E-state index contributed by atoms with van der Waals surface area (Å²) < 4.78 is 5.33. The van der Waals surface area contributed by atoms with Crippen molar-refractivity contribution in [1.29, 1.82) is 0 Å². The van der Waals surface area contributed by atoms with Crippen LogP contribution in [0.5, 0.6) is 0 Å². The lowest BCUT2D eigenvalue weighted by molar-refractivity contribution is -0.113. The van der Waals surface area contributed by atoms with Crippen molar-refractivity contribution in [3.05, 3.63) is 18.2 Å². The summed E-state index contributed by atoms with van der Waals surface area (Å²) in [6, 6.07) is 5.68. The average Bonchev–Trinajstić information content (AvgIpc) is 2.79. The summed E-state index contributed by atoms with van der Waals surface area (Å²) in [5.74, 6) is 0.434. The lowest BCUT2D eigenvalue weighted by atomic mass is 10.2. The summed E-state index contributed by atoms with van der Waals surface area (Å²) in [5.41, 5.74) is 1.55. The molecule has 1 saturated heterocycles. The zero-order chi connectivity index (χ0) is 14.1. The Morgan fingerprint density at radius 1 is 1.45 bits per heavy atom. The van der Waals surface area contributed by atoms with Gasteiger partial charge in [0.2, 0.25) is 5.91 Å². The van der Waals surface area contributed by atoms with E-state index in [0.29, 0.717) is 12.3 Å². The molecule has 0 radical (unpaired) electrons. The summed E-state index contributed by atoms with van der Waals surface area (Å²) in [7, 11) is 0. The molecule has 1 aromatic rings. The lowest BCUT2D eigenvalue weighted by Gasteiger charge is -2.19. The molecule has 0 unspecified atom stereocenters. The van der Waals surface area contributed by atoms with Crippen molar-refractivity contribution >= 4 is 35.1 Å². The third-order valence-electron chi connectivity index (χ3n) is 3.39. The summed E-state index contributed by atoms with van der Waals surface area (Å²) in [5, 5.41) is 2.84. The van der Waals surface area contributed by atoms with Gasteiger partial charge in [-0.25, -0.2) is 4.79 Å². The highest BCUT2D eigenvalue weighted by Crippen LogP contribution is 2.35. The Balaban J connectivity index is 1.82. The van der Waals surface area contributed by atoms with E-state index < -0.39 is 0 Å². The molecule has 2 heterocycles. The van der Waals surface area contributed by atoms with Crippen molar-refractivity contribution in [2.24, 2.45) is 0 Å². The fraction of sp³-hybridized carbons (Fsp3) is 0.429.